The Bertz CT molecular complexity index is 907. The zero-order valence-corrected chi connectivity index (χ0v) is 15.2. The van der Waals surface area contributed by atoms with Crippen molar-refractivity contribution in [2.75, 3.05) is 6.54 Å². The summed E-state index contributed by atoms with van der Waals surface area (Å²) >= 11 is 0. The van der Waals surface area contributed by atoms with E-state index in [0.29, 0.717) is 0 Å². The Labute approximate surface area is 154 Å². The van der Waals surface area contributed by atoms with E-state index in [-0.39, 0.29) is 11.8 Å². The number of nitrogens with one attached hydrogen (secondary N) is 1. The Morgan fingerprint density at radius 3 is 2.69 bits per heavy atom. The number of benzene rings is 2. The van der Waals surface area contributed by atoms with Gasteiger partial charge in [-0.05, 0) is 43.9 Å². The van der Waals surface area contributed by atoms with Gasteiger partial charge in [0.25, 0.3) is 0 Å². The van der Waals surface area contributed by atoms with Crippen molar-refractivity contribution in [3.05, 3.63) is 65.5 Å². The van der Waals surface area contributed by atoms with Crippen LogP contribution < -0.4 is 5.32 Å². The topological polar surface area (TPSA) is 46.9 Å². The van der Waals surface area contributed by atoms with E-state index in [1.807, 2.05) is 6.07 Å². The number of imidazole rings is 1. The van der Waals surface area contributed by atoms with E-state index >= 15 is 0 Å². The SMILES string of the molecule is Cc1ccc(Cn2c(CCCNC(=O)C3CC3)nc3ccccc32)cc1. The largest absolute Gasteiger partial charge is 0.356 e. The molecular formula is C22H25N3O. The summed E-state index contributed by atoms with van der Waals surface area (Å²) < 4.78 is 2.31. The molecule has 3 aromatic rings. The van der Waals surface area contributed by atoms with Crippen LogP contribution in [0.4, 0.5) is 0 Å². The Morgan fingerprint density at radius 2 is 1.92 bits per heavy atom. The molecule has 0 spiro atoms. The minimum Gasteiger partial charge on any atom is -0.356 e. The number of amides is 1. The van der Waals surface area contributed by atoms with Gasteiger partial charge in [0.2, 0.25) is 5.91 Å². The van der Waals surface area contributed by atoms with E-state index in [0.717, 1.165) is 50.1 Å². The molecule has 1 fully saturated rings. The highest BCUT2D eigenvalue weighted by Gasteiger charge is 2.29. The molecule has 4 rings (SSSR count). The van der Waals surface area contributed by atoms with E-state index in [4.69, 9.17) is 4.98 Å². The smallest absolute Gasteiger partial charge is 0.223 e. The van der Waals surface area contributed by atoms with Gasteiger partial charge in [-0.2, -0.15) is 0 Å². The molecule has 1 amide bonds. The second-order valence-corrected chi connectivity index (χ2v) is 7.26. The van der Waals surface area contributed by atoms with Gasteiger partial charge in [-0.3, -0.25) is 4.79 Å². The summed E-state index contributed by atoms with van der Waals surface area (Å²) in [6, 6.07) is 17.0. The standard InChI is InChI=1S/C22H25N3O/c1-16-8-10-17(11-9-16)15-25-20-6-3-2-5-19(20)24-21(25)7-4-14-23-22(26)18-12-13-18/h2-3,5-6,8-11,18H,4,7,12-15H2,1H3,(H,23,26). The van der Waals surface area contributed by atoms with Crippen LogP contribution in [0.5, 0.6) is 0 Å². The van der Waals surface area contributed by atoms with Crippen LogP contribution in [0.3, 0.4) is 0 Å². The van der Waals surface area contributed by atoms with Gasteiger partial charge in [0.05, 0.1) is 11.0 Å². The lowest BCUT2D eigenvalue weighted by molar-refractivity contribution is -0.122. The number of nitrogens with zero attached hydrogens (tertiary/aromatic N) is 2. The first-order valence-electron chi connectivity index (χ1n) is 9.48. The van der Waals surface area contributed by atoms with Gasteiger partial charge in [0.15, 0.2) is 0 Å². The molecule has 4 heteroatoms. The highest BCUT2D eigenvalue weighted by Crippen LogP contribution is 2.28. The quantitative estimate of drug-likeness (QED) is 0.660. The zero-order valence-electron chi connectivity index (χ0n) is 15.2. The van der Waals surface area contributed by atoms with Gasteiger partial charge in [-0.1, -0.05) is 42.0 Å². The van der Waals surface area contributed by atoms with Crippen LogP contribution in [-0.4, -0.2) is 22.0 Å². The van der Waals surface area contributed by atoms with Crippen molar-refractivity contribution in [2.24, 2.45) is 5.92 Å². The minimum atomic E-state index is 0.221. The maximum Gasteiger partial charge on any atom is 0.223 e. The molecule has 0 radical (unpaired) electrons. The number of carbonyl (C=O) groups is 1. The summed E-state index contributed by atoms with van der Waals surface area (Å²) in [7, 11) is 0. The molecule has 0 aliphatic heterocycles. The Morgan fingerprint density at radius 1 is 1.15 bits per heavy atom. The molecule has 1 saturated carbocycles. The van der Waals surface area contributed by atoms with E-state index in [2.05, 4.69) is 59.3 Å². The fourth-order valence-electron chi connectivity index (χ4n) is 3.32. The van der Waals surface area contributed by atoms with Gasteiger partial charge in [-0.15, -0.1) is 0 Å². The van der Waals surface area contributed by atoms with Crippen molar-refractivity contribution in [3.63, 3.8) is 0 Å². The molecule has 1 aliphatic rings. The molecule has 1 N–H and O–H groups in total. The average molecular weight is 347 g/mol. The predicted octanol–water partition coefficient (Wildman–Crippen LogP) is 3.85. The van der Waals surface area contributed by atoms with Crippen molar-refractivity contribution in [3.8, 4) is 0 Å². The van der Waals surface area contributed by atoms with Crippen LogP contribution in [0.15, 0.2) is 48.5 Å². The summed E-state index contributed by atoms with van der Waals surface area (Å²) in [4.78, 5) is 16.6. The molecule has 4 nitrogen and oxygen atoms in total. The van der Waals surface area contributed by atoms with Crippen LogP contribution in [0, 0.1) is 12.8 Å². The normalized spacial score (nSPS) is 13.9. The third kappa shape index (κ3) is 3.79. The monoisotopic (exact) mass is 347 g/mol. The molecule has 2 aromatic carbocycles. The van der Waals surface area contributed by atoms with Crippen LogP contribution >= 0.6 is 0 Å². The molecule has 1 aromatic heterocycles. The predicted molar refractivity (Wildman–Crippen MR) is 104 cm³/mol. The zero-order chi connectivity index (χ0) is 17.9. The lowest BCUT2D eigenvalue weighted by atomic mass is 10.1. The van der Waals surface area contributed by atoms with Gasteiger partial charge in [0, 0.05) is 25.4 Å². The minimum absolute atomic E-state index is 0.221. The number of carbonyl (C=O) groups excluding carboxylic acids is 1. The maximum atomic E-state index is 11.8. The summed E-state index contributed by atoms with van der Waals surface area (Å²) in [6.07, 6.45) is 3.89. The van der Waals surface area contributed by atoms with Gasteiger partial charge < -0.3 is 9.88 Å². The van der Waals surface area contributed by atoms with Crippen LogP contribution in [-0.2, 0) is 17.8 Å². The van der Waals surface area contributed by atoms with Gasteiger partial charge in [-0.25, -0.2) is 4.98 Å². The molecule has 0 unspecified atom stereocenters. The molecular weight excluding hydrogens is 322 g/mol. The van der Waals surface area contributed by atoms with E-state index in [1.54, 1.807) is 0 Å². The fourth-order valence-corrected chi connectivity index (χ4v) is 3.32. The molecule has 26 heavy (non-hydrogen) atoms. The lowest BCUT2D eigenvalue weighted by Gasteiger charge is -2.10. The number of hydrogen-bond acceptors (Lipinski definition) is 2. The molecule has 0 saturated heterocycles. The first-order valence-corrected chi connectivity index (χ1v) is 9.48. The number of fused-ring (bicyclic) bond motifs is 1. The fraction of sp³-hybridized carbons (Fsp3) is 0.364. The second kappa shape index (κ2) is 7.32. The second-order valence-electron chi connectivity index (χ2n) is 7.26. The van der Waals surface area contributed by atoms with Crippen molar-refractivity contribution in [2.45, 2.75) is 39.2 Å². The molecule has 0 bridgehead atoms. The number of hydrogen-bond donors (Lipinski definition) is 1. The summed E-state index contributed by atoms with van der Waals surface area (Å²) in [5.74, 6) is 1.59. The third-order valence-corrected chi connectivity index (χ3v) is 5.02. The number of aryl methyl sites for hydroxylation is 2. The summed E-state index contributed by atoms with van der Waals surface area (Å²) in [5.41, 5.74) is 4.76. The summed E-state index contributed by atoms with van der Waals surface area (Å²) in [6.45, 7) is 3.66. The lowest BCUT2D eigenvalue weighted by Crippen LogP contribution is -2.26. The highest BCUT2D eigenvalue weighted by molar-refractivity contribution is 5.80. The summed E-state index contributed by atoms with van der Waals surface area (Å²) in [5, 5.41) is 3.05. The molecule has 0 atom stereocenters. The average Bonchev–Trinajstić information content (AvgIpc) is 3.45. The molecule has 1 heterocycles. The van der Waals surface area contributed by atoms with Crippen molar-refractivity contribution in [1.29, 1.82) is 0 Å². The first kappa shape index (κ1) is 16.8. The van der Waals surface area contributed by atoms with E-state index < -0.39 is 0 Å². The maximum absolute atomic E-state index is 11.8. The Kier molecular flexibility index (Phi) is 4.74. The Balaban J connectivity index is 1.49. The third-order valence-electron chi connectivity index (χ3n) is 5.02. The van der Waals surface area contributed by atoms with Crippen molar-refractivity contribution >= 4 is 16.9 Å². The van der Waals surface area contributed by atoms with Gasteiger partial charge in [0.1, 0.15) is 5.82 Å². The first-order chi connectivity index (χ1) is 12.7. The van der Waals surface area contributed by atoms with Crippen molar-refractivity contribution < 1.29 is 4.79 Å². The number of rotatable bonds is 7. The van der Waals surface area contributed by atoms with Crippen LogP contribution in [0.2, 0.25) is 0 Å². The van der Waals surface area contributed by atoms with Crippen molar-refractivity contribution in [1.82, 2.24) is 14.9 Å². The van der Waals surface area contributed by atoms with E-state index in [9.17, 15) is 4.79 Å². The van der Waals surface area contributed by atoms with Crippen LogP contribution in [0.25, 0.3) is 11.0 Å². The van der Waals surface area contributed by atoms with Crippen LogP contribution in [0.1, 0.15) is 36.2 Å². The van der Waals surface area contributed by atoms with E-state index in [1.165, 1.54) is 16.6 Å². The molecule has 1 aliphatic carbocycles. The number of aromatic nitrogens is 2. The van der Waals surface area contributed by atoms with Gasteiger partial charge >= 0.3 is 0 Å². The Hall–Kier alpha value is -2.62. The number of para-hydroxylation sites is 2. The highest BCUT2D eigenvalue weighted by atomic mass is 16.2. The molecule has 134 valence electrons.